The molecule has 3 fully saturated rings. The maximum atomic E-state index is 12.6. The van der Waals surface area contributed by atoms with Crippen LogP contribution in [0.1, 0.15) is 58.3 Å². The Bertz CT molecular complexity index is 411. The van der Waals surface area contributed by atoms with Crippen molar-refractivity contribution in [3.05, 3.63) is 0 Å². The van der Waals surface area contributed by atoms with Crippen molar-refractivity contribution < 1.29 is 9.53 Å². The van der Waals surface area contributed by atoms with Crippen LogP contribution in [0.2, 0.25) is 0 Å². The van der Waals surface area contributed by atoms with Crippen LogP contribution in [0.15, 0.2) is 0 Å². The first-order valence-corrected chi connectivity index (χ1v) is 10.5. The molecule has 0 aromatic carbocycles. The number of amides is 1. The zero-order chi connectivity index (χ0) is 17.5. The summed E-state index contributed by atoms with van der Waals surface area (Å²) in [5.74, 6) is 1.35. The third-order valence-electron chi connectivity index (χ3n) is 6.71. The van der Waals surface area contributed by atoms with Crippen LogP contribution in [0.25, 0.3) is 0 Å². The molecule has 2 N–H and O–H groups in total. The molecule has 0 radical (unpaired) electrons. The molecule has 3 heterocycles. The summed E-state index contributed by atoms with van der Waals surface area (Å²) in [6, 6.07) is 0. The van der Waals surface area contributed by atoms with Crippen molar-refractivity contribution in [2.75, 3.05) is 45.9 Å². The van der Waals surface area contributed by atoms with Crippen LogP contribution in [0.4, 0.5) is 0 Å². The summed E-state index contributed by atoms with van der Waals surface area (Å²) in [6.45, 7) is 9.27. The summed E-state index contributed by atoms with van der Waals surface area (Å²) < 4.78 is 5.62. The number of hydrogen-bond acceptors (Lipinski definition) is 4. The van der Waals surface area contributed by atoms with Crippen LogP contribution in [-0.4, -0.2) is 62.3 Å². The lowest BCUT2D eigenvalue weighted by atomic mass is 9.84. The van der Waals surface area contributed by atoms with Crippen molar-refractivity contribution in [1.29, 1.82) is 0 Å². The third-order valence-corrected chi connectivity index (χ3v) is 6.71. The largest absolute Gasteiger partial charge is 0.381 e. The average molecular weight is 352 g/mol. The minimum atomic E-state index is 0.129. The summed E-state index contributed by atoms with van der Waals surface area (Å²) in [5, 5.41) is 6.77. The van der Waals surface area contributed by atoms with Crippen molar-refractivity contribution >= 4 is 5.91 Å². The molecule has 0 saturated carbocycles. The predicted molar refractivity (Wildman–Crippen MR) is 101 cm³/mol. The molecule has 1 amide bonds. The van der Waals surface area contributed by atoms with Gasteiger partial charge in [-0.1, -0.05) is 13.3 Å². The minimum absolute atomic E-state index is 0.129. The van der Waals surface area contributed by atoms with Crippen molar-refractivity contribution in [2.45, 2.75) is 63.8 Å². The highest BCUT2D eigenvalue weighted by atomic mass is 16.5. The van der Waals surface area contributed by atoms with E-state index in [-0.39, 0.29) is 11.4 Å². The second kappa shape index (κ2) is 9.33. The summed E-state index contributed by atoms with van der Waals surface area (Å²) in [5.41, 5.74) is 0.129. The molecular weight excluding hydrogens is 314 g/mol. The van der Waals surface area contributed by atoms with Gasteiger partial charge in [-0.15, -0.1) is 0 Å². The minimum Gasteiger partial charge on any atom is -0.381 e. The Hall–Kier alpha value is -0.650. The predicted octanol–water partition coefficient (Wildman–Crippen LogP) is 2.16. The molecule has 2 unspecified atom stereocenters. The smallest absolute Gasteiger partial charge is 0.220 e. The Labute approximate surface area is 153 Å². The highest BCUT2D eigenvalue weighted by Crippen LogP contribution is 2.30. The third kappa shape index (κ3) is 5.18. The van der Waals surface area contributed by atoms with Crippen molar-refractivity contribution in [3.63, 3.8) is 0 Å². The monoisotopic (exact) mass is 351 g/mol. The lowest BCUT2D eigenvalue weighted by Gasteiger charge is -2.48. The van der Waals surface area contributed by atoms with Gasteiger partial charge in [-0.2, -0.15) is 0 Å². The van der Waals surface area contributed by atoms with Gasteiger partial charge in [0.25, 0.3) is 0 Å². The number of likely N-dealkylation sites (tertiary alicyclic amines) is 1. The number of rotatable bonds is 6. The van der Waals surface area contributed by atoms with Gasteiger partial charge in [-0.3, -0.25) is 9.69 Å². The Morgan fingerprint density at radius 2 is 2.00 bits per heavy atom. The van der Waals surface area contributed by atoms with Crippen LogP contribution in [0.3, 0.4) is 0 Å². The first-order chi connectivity index (χ1) is 12.2. The van der Waals surface area contributed by atoms with E-state index in [9.17, 15) is 4.79 Å². The van der Waals surface area contributed by atoms with Gasteiger partial charge in [0.2, 0.25) is 5.91 Å². The Morgan fingerprint density at radius 3 is 2.68 bits per heavy atom. The van der Waals surface area contributed by atoms with Crippen LogP contribution < -0.4 is 10.6 Å². The Morgan fingerprint density at radius 1 is 1.24 bits per heavy atom. The van der Waals surface area contributed by atoms with E-state index in [4.69, 9.17) is 4.74 Å². The lowest BCUT2D eigenvalue weighted by molar-refractivity contribution is -0.123. The zero-order valence-electron chi connectivity index (χ0n) is 16.0. The maximum Gasteiger partial charge on any atom is 0.220 e. The van der Waals surface area contributed by atoms with Gasteiger partial charge < -0.3 is 15.4 Å². The fourth-order valence-corrected chi connectivity index (χ4v) is 4.88. The fourth-order valence-electron chi connectivity index (χ4n) is 4.88. The second-order valence-corrected chi connectivity index (χ2v) is 8.45. The number of piperidine rings is 2. The second-order valence-electron chi connectivity index (χ2n) is 8.45. The number of nitrogens with one attached hydrogen (secondary N) is 2. The van der Waals surface area contributed by atoms with Crippen LogP contribution in [-0.2, 0) is 9.53 Å². The van der Waals surface area contributed by atoms with Crippen molar-refractivity contribution in [2.24, 2.45) is 11.8 Å². The van der Waals surface area contributed by atoms with Gasteiger partial charge in [0.05, 0.1) is 0 Å². The topological polar surface area (TPSA) is 53.6 Å². The fraction of sp³-hybridized carbons (Fsp3) is 0.950. The van der Waals surface area contributed by atoms with E-state index in [0.29, 0.717) is 18.3 Å². The normalized spacial score (nSPS) is 29.1. The molecular formula is C20H37N3O2. The van der Waals surface area contributed by atoms with Gasteiger partial charge in [0.1, 0.15) is 0 Å². The molecule has 3 rings (SSSR count). The van der Waals surface area contributed by atoms with E-state index < -0.39 is 0 Å². The van der Waals surface area contributed by atoms with E-state index in [2.05, 4.69) is 22.5 Å². The molecule has 25 heavy (non-hydrogen) atoms. The molecule has 5 nitrogen and oxygen atoms in total. The van der Waals surface area contributed by atoms with Gasteiger partial charge in [-0.25, -0.2) is 0 Å². The van der Waals surface area contributed by atoms with E-state index >= 15 is 0 Å². The van der Waals surface area contributed by atoms with E-state index in [1.807, 2.05) is 0 Å². The zero-order valence-corrected chi connectivity index (χ0v) is 16.0. The maximum absolute atomic E-state index is 12.6. The highest BCUT2D eigenvalue weighted by molar-refractivity contribution is 5.76. The summed E-state index contributed by atoms with van der Waals surface area (Å²) in [7, 11) is 0. The van der Waals surface area contributed by atoms with Crippen LogP contribution in [0, 0.1) is 11.8 Å². The lowest BCUT2D eigenvalue weighted by Crippen LogP contribution is -2.59. The molecule has 3 aliphatic rings. The summed E-state index contributed by atoms with van der Waals surface area (Å²) in [6.07, 6.45) is 9.21. The molecule has 0 aromatic heterocycles. The summed E-state index contributed by atoms with van der Waals surface area (Å²) >= 11 is 0. The highest BCUT2D eigenvalue weighted by Gasteiger charge is 2.39. The molecule has 0 aliphatic carbocycles. The van der Waals surface area contributed by atoms with Crippen LogP contribution >= 0.6 is 0 Å². The molecule has 0 bridgehead atoms. The first kappa shape index (κ1) is 19.1. The molecule has 3 aliphatic heterocycles. The van der Waals surface area contributed by atoms with Gasteiger partial charge in [-0.05, 0) is 76.5 Å². The summed E-state index contributed by atoms with van der Waals surface area (Å²) in [4.78, 5) is 15.2. The number of hydrogen-bond donors (Lipinski definition) is 2. The Balaban J connectivity index is 1.50. The molecule has 3 saturated heterocycles. The quantitative estimate of drug-likeness (QED) is 0.770. The van der Waals surface area contributed by atoms with Crippen molar-refractivity contribution in [1.82, 2.24) is 15.5 Å². The number of carbonyl (C=O) groups excluding carboxylic acids is 1. The standard InChI is InChI=1S/C20H37N3O2/c1-17(18-6-5-9-21-15-18)14-19(24)22-16-20(7-12-25-13-8-20)23-10-3-2-4-11-23/h17-18,21H,2-16H2,1H3,(H,22,24). The van der Waals surface area contributed by atoms with E-state index in [1.165, 1.54) is 45.2 Å². The molecule has 0 aromatic rings. The average Bonchev–Trinajstić information content (AvgIpc) is 2.68. The number of ether oxygens (including phenoxy) is 1. The van der Waals surface area contributed by atoms with Gasteiger partial charge in [0.15, 0.2) is 0 Å². The number of carbonyl (C=O) groups is 1. The van der Waals surface area contributed by atoms with Crippen molar-refractivity contribution in [3.8, 4) is 0 Å². The van der Waals surface area contributed by atoms with E-state index in [0.717, 1.165) is 45.7 Å². The van der Waals surface area contributed by atoms with Crippen LogP contribution in [0.5, 0.6) is 0 Å². The van der Waals surface area contributed by atoms with E-state index in [1.54, 1.807) is 0 Å². The van der Waals surface area contributed by atoms with Gasteiger partial charge in [0, 0.05) is 31.7 Å². The molecule has 2 atom stereocenters. The SMILES string of the molecule is CC(CC(=O)NCC1(N2CCCCC2)CCOCC1)C1CCCNC1. The van der Waals surface area contributed by atoms with Gasteiger partial charge >= 0.3 is 0 Å². The first-order valence-electron chi connectivity index (χ1n) is 10.5. The Kier molecular flexibility index (Phi) is 7.14. The number of nitrogens with zero attached hydrogens (tertiary/aromatic N) is 1. The molecule has 144 valence electrons. The molecule has 0 spiro atoms. The molecule has 5 heteroatoms.